The van der Waals surface area contributed by atoms with E-state index in [2.05, 4.69) is 14.7 Å². The molecule has 6 nitrogen and oxygen atoms in total. The third-order valence-electron chi connectivity index (χ3n) is 2.19. The minimum Gasteiger partial charge on any atom is -0.465 e. The second-order valence-electron chi connectivity index (χ2n) is 3.44. The van der Waals surface area contributed by atoms with E-state index < -0.39 is 23.5 Å². The summed E-state index contributed by atoms with van der Waals surface area (Å²) in [5.41, 5.74) is -1.62. The number of hydrogen-bond acceptors (Lipinski definition) is 4. The minimum atomic E-state index is -4.71. The van der Waals surface area contributed by atoms with Gasteiger partial charge in [0, 0.05) is 5.56 Å². The van der Waals surface area contributed by atoms with Crippen molar-refractivity contribution in [3.63, 3.8) is 0 Å². The van der Waals surface area contributed by atoms with Gasteiger partial charge in [-0.25, -0.2) is 4.79 Å². The number of nitrogens with zero attached hydrogens (tertiary/aromatic N) is 2. The van der Waals surface area contributed by atoms with E-state index in [0.717, 1.165) is 18.5 Å². The van der Waals surface area contributed by atoms with Crippen LogP contribution in [0.25, 0.3) is 11.4 Å². The first-order valence-electron chi connectivity index (χ1n) is 4.86. The molecule has 19 heavy (non-hydrogen) atoms. The molecule has 0 radical (unpaired) electrons. The molecule has 2 N–H and O–H groups in total. The molecule has 9 heteroatoms. The average Bonchev–Trinajstić information content (AvgIpc) is 2.80. The normalized spacial score (nSPS) is 11.3. The van der Waals surface area contributed by atoms with Gasteiger partial charge in [0.2, 0.25) is 12.2 Å². The van der Waals surface area contributed by atoms with Crippen molar-refractivity contribution >= 4 is 11.8 Å². The molecule has 0 saturated carbocycles. The van der Waals surface area contributed by atoms with Gasteiger partial charge in [0.25, 0.3) is 0 Å². The highest BCUT2D eigenvalue weighted by atomic mass is 19.4. The lowest BCUT2D eigenvalue weighted by molar-refractivity contribution is -0.136. The molecule has 1 amide bonds. The largest absolute Gasteiger partial charge is 0.465 e. The van der Waals surface area contributed by atoms with Crippen molar-refractivity contribution in [2.45, 2.75) is 6.18 Å². The number of benzene rings is 1. The Hall–Kier alpha value is -2.58. The maximum atomic E-state index is 12.8. The molecular weight excluding hydrogens is 267 g/mol. The number of halogens is 3. The molecule has 1 aromatic carbocycles. The van der Waals surface area contributed by atoms with Crippen molar-refractivity contribution in [2.75, 3.05) is 5.32 Å². The Morgan fingerprint density at radius 3 is 2.63 bits per heavy atom. The summed E-state index contributed by atoms with van der Waals surface area (Å²) >= 11 is 0. The fraction of sp³-hybridized carbons (Fsp3) is 0.100. The van der Waals surface area contributed by atoms with Gasteiger partial charge in [0.05, 0.1) is 11.3 Å². The summed E-state index contributed by atoms with van der Waals surface area (Å²) in [5.74, 6) is -0.0209. The van der Waals surface area contributed by atoms with Crippen molar-refractivity contribution in [2.24, 2.45) is 0 Å². The number of alkyl halides is 3. The Morgan fingerprint density at radius 1 is 1.37 bits per heavy atom. The van der Waals surface area contributed by atoms with E-state index in [1.54, 1.807) is 5.32 Å². The topological polar surface area (TPSA) is 88.2 Å². The summed E-state index contributed by atoms with van der Waals surface area (Å²) in [6, 6.07) is 2.99. The summed E-state index contributed by atoms with van der Waals surface area (Å²) in [4.78, 5) is 14.1. The molecule has 0 saturated heterocycles. The van der Waals surface area contributed by atoms with Crippen LogP contribution in [0.3, 0.4) is 0 Å². The number of aromatic nitrogens is 2. The van der Waals surface area contributed by atoms with Gasteiger partial charge < -0.3 is 9.63 Å². The molecular formula is C10H6F3N3O3. The van der Waals surface area contributed by atoms with Gasteiger partial charge in [-0.3, -0.25) is 5.32 Å². The van der Waals surface area contributed by atoms with E-state index in [1.807, 2.05) is 0 Å². The fourth-order valence-corrected chi connectivity index (χ4v) is 1.44. The number of rotatable bonds is 2. The van der Waals surface area contributed by atoms with Crippen LogP contribution in [0.1, 0.15) is 5.56 Å². The van der Waals surface area contributed by atoms with Crippen LogP contribution in [0.5, 0.6) is 0 Å². The van der Waals surface area contributed by atoms with Crippen molar-refractivity contribution in [1.82, 2.24) is 10.1 Å². The van der Waals surface area contributed by atoms with Gasteiger partial charge in [-0.2, -0.15) is 18.2 Å². The highest BCUT2D eigenvalue weighted by Crippen LogP contribution is 2.37. The molecule has 0 fully saturated rings. The second-order valence-corrected chi connectivity index (χ2v) is 3.44. The minimum absolute atomic E-state index is 0.0209. The molecule has 100 valence electrons. The number of nitrogens with one attached hydrogen (secondary N) is 1. The van der Waals surface area contributed by atoms with Gasteiger partial charge in [0.1, 0.15) is 0 Å². The lowest BCUT2D eigenvalue weighted by Gasteiger charge is -2.13. The lowest BCUT2D eigenvalue weighted by atomic mass is 10.1. The van der Waals surface area contributed by atoms with Crippen LogP contribution in [0.15, 0.2) is 29.1 Å². The van der Waals surface area contributed by atoms with E-state index in [1.165, 1.54) is 6.07 Å². The van der Waals surface area contributed by atoms with Gasteiger partial charge in [-0.15, -0.1) is 0 Å². The Morgan fingerprint density at radius 2 is 2.11 bits per heavy atom. The lowest BCUT2D eigenvalue weighted by Crippen LogP contribution is -2.14. The summed E-state index contributed by atoms with van der Waals surface area (Å²) in [6.45, 7) is 0. The smallest absolute Gasteiger partial charge is 0.418 e. The quantitative estimate of drug-likeness (QED) is 0.878. The zero-order valence-corrected chi connectivity index (χ0v) is 9.10. The van der Waals surface area contributed by atoms with E-state index in [4.69, 9.17) is 5.11 Å². The Kier molecular flexibility index (Phi) is 3.11. The molecule has 0 spiro atoms. The van der Waals surface area contributed by atoms with Gasteiger partial charge in [0.15, 0.2) is 0 Å². The molecule has 2 aromatic rings. The van der Waals surface area contributed by atoms with Crippen molar-refractivity contribution in [1.29, 1.82) is 0 Å². The van der Waals surface area contributed by atoms with Gasteiger partial charge in [-0.1, -0.05) is 5.16 Å². The van der Waals surface area contributed by atoms with E-state index in [9.17, 15) is 18.0 Å². The average molecular weight is 273 g/mol. The van der Waals surface area contributed by atoms with Crippen molar-refractivity contribution in [3.05, 3.63) is 30.2 Å². The van der Waals surface area contributed by atoms with E-state index >= 15 is 0 Å². The monoisotopic (exact) mass is 273 g/mol. The predicted molar refractivity (Wildman–Crippen MR) is 56.4 cm³/mol. The van der Waals surface area contributed by atoms with Crippen LogP contribution < -0.4 is 5.32 Å². The van der Waals surface area contributed by atoms with E-state index in [-0.39, 0.29) is 11.4 Å². The number of carbonyl (C=O) groups is 1. The van der Waals surface area contributed by atoms with Crippen LogP contribution in [0.2, 0.25) is 0 Å². The first-order chi connectivity index (χ1) is 8.88. The molecule has 0 aliphatic carbocycles. The standard InChI is InChI=1S/C10H6F3N3O3/c11-10(12,13)6-3-5(8-14-4-19-16-8)1-2-7(6)15-9(17)18/h1-4,15H,(H,17,18). The summed E-state index contributed by atoms with van der Waals surface area (Å²) in [6.07, 6.45) is -5.32. The van der Waals surface area contributed by atoms with Crippen molar-refractivity contribution < 1.29 is 27.6 Å². The molecule has 0 bridgehead atoms. The maximum absolute atomic E-state index is 12.8. The predicted octanol–water partition coefficient (Wildman–Crippen LogP) is 2.85. The number of carboxylic acid groups (broad SMARTS) is 1. The highest BCUT2D eigenvalue weighted by Gasteiger charge is 2.34. The zero-order chi connectivity index (χ0) is 14.0. The summed E-state index contributed by atoms with van der Waals surface area (Å²) < 4.78 is 42.9. The van der Waals surface area contributed by atoms with Gasteiger partial charge in [-0.05, 0) is 18.2 Å². The van der Waals surface area contributed by atoms with Crippen LogP contribution >= 0.6 is 0 Å². The molecule has 1 heterocycles. The molecule has 2 rings (SSSR count). The highest BCUT2D eigenvalue weighted by molar-refractivity contribution is 5.85. The zero-order valence-electron chi connectivity index (χ0n) is 9.10. The van der Waals surface area contributed by atoms with Crippen LogP contribution in [-0.2, 0) is 6.18 Å². The Bertz CT molecular complexity index is 596. The van der Waals surface area contributed by atoms with Crippen molar-refractivity contribution in [3.8, 4) is 11.4 Å². The second kappa shape index (κ2) is 4.59. The summed E-state index contributed by atoms with van der Waals surface area (Å²) in [5, 5.41) is 13.6. The van der Waals surface area contributed by atoms with E-state index in [0.29, 0.717) is 0 Å². The Labute approximate surface area is 103 Å². The van der Waals surface area contributed by atoms with Crippen LogP contribution in [0, 0.1) is 0 Å². The van der Waals surface area contributed by atoms with Gasteiger partial charge >= 0.3 is 12.3 Å². The first-order valence-corrected chi connectivity index (χ1v) is 4.86. The molecule has 1 aromatic heterocycles. The number of anilines is 1. The molecule has 0 unspecified atom stereocenters. The maximum Gasteiger partial charge on any atom is 0.418 e. The molecule has 0 aliphatic rings. The van der Waals surface area contributed by atoms with Crippen LogP contribution in [-0.4, -0.2) is 21.3 Å². The Balaban J connectivity index is 2.51. The third-order valence-corrected chi connectivity index (χ3v) is 2.19. The third kappa shape index (κ3) is 2.81. The fourth-order valence-electron chi connectivity index (χ4n) is 1.44. The SMILES string of the molecule is O=C(O)Nc1ccc(-c2ncon2)cc1C(F)(F)F. The van der Waals surface area contributed by atoms with Crippen LogP contribution in [0.4, 0.5) is 23.7 Å². The molecule has 0 atom stereocenters. The number of amides is 1. The first kappa shape index (κ1) is 12.9. The molecule has 0 aliphatic heterocycles. The summed E-state index contributed by atoms with van der Waals surface area (Å²) in [7, 11) is 0. The number of hydrogen-bond donors (Lipinski definition) is 2.